The number of aromatic nitrogens is 3. The van der Waals surface area contributed by atoms with Gasteiger partial charge in [0.25, 0.3) is 0 Å². The van der Waals surface area contributed by atoms with Crippen molar-refractivity contribution in [2.24, 2.45) is 0 Å². The molecule has 1 N–H and O–H groups in total. The highest BCUT2D eigenvalue weighted by atomic mass is 79.9. The highest BCUT2D eigenvalue weighted by Gasteiger charge is 2.37. The Kier molecular flexibility index (Phi) is 4.42. The molecule has 112 valence electrons. The van der Waals surface area contributed by atoms with Crippen LogP contribution in [0.4, 0.5) is 0 Å². The molecule has 1 saturated heterocycles. The van der Waals surface area contributed by atoms with Gasteiger partial charge in [0, 0.05) is 21.7 Å². The van der Waals surface area contributed by atoms with Crippen LogP contribution in [0.3, 0.4) is 0 Å². The van der Waals surface area contributed by atoms with Gasteiger partial charge in [0.2, 0.25) is 11.7 Å². The summed E-state index contributed by atoms with van der Waals surface area (Å²) in [5.41, 5.74) is 0.647. The zero-order valence-corrected chi connectivity index (χ0v) is 14.9. The van der Waals surface area contributed by atoms with Gasteiger partial charge in [-0.15, -0.1) is 0 Å². The number of hydrogen-bond donors (Lipinski definition) is 1. The van der Waals surface area contributed by atoms with E-state index in [0.29, 0.717) is 17.4 Å². The molecule has 21 heavy (non-hydrogen) atoms. The summed E-state index contributed by atoms with van der Waals surface area (Å²) in [7, 11) is 0. The molecule has 0 aromatic carbocycles. The van der Waals surface area contributed by atoms with Gasteiger partial charge in [0.1, 0.15) is 5.69 Å². The summed E-state index contributed by atoms with van der Waals surface area (Å²) in [6.07, 6.45) is 4.92. The fourth-order valence-corrected chi connectivity index (χ4v) is 3.88. The van der Waals surface area contributed by atoms with Gasteiger partial charge in [-0.25, -0.2) is 0 Å². The molecule has 0 saturated carbocycles. The highest BCUT2D eigenvalue weighted by Crippen LogP contribution is 2.35. The second kappa shape index (κ2) is 6.14. The minimum Gasteiger partial charge on any atom is -0.338 e. The molecule has 0 bridgehead atoms. The molecule has 5 nitrogen and oxygen atoms in total. The van der Waals surface area contributed by atoms with E-state index in [2.05, 4.69) is 59.2 Å². The maximum absolute atomic E-state index is 5.56. The van der Waals surface area contributed by atoms with Crippen LogP contribution in [0.25, 0.3) is 11.5 Å². The standard InChI is InChI=1S/C14H16Br2N4O/c1-2-14(4-3-5-17-8-14)13-19-12(20-21-13)11-10(16)6-9(15)7-18-11/h6-7,17H,2-5,8H2,1H3. The molecule has 0 radical (unpaired) electrons. The van der Waals surface area contributed by atoms with Gasteiger partial charge in [-0.2, -0.15) is 4.98 Å². The SMILES string of the molecule is CCC1(c2nc(-c3ncc(Br)cc3Br)no2)CCCNC1. The summed E-state index contributed by atoms with van der Waals surface area (Å²) in [5.74, 6) is 1.24. The van der Waals surface area contributed by atoms with E-state index in [9.17, 15) is 0 Å². The molecule has 3 rings (SSSR count). The predicted molar refractivity (Wildman–Crippen MR) is 87.0 cm³/mol. The summed E-state index contributed by atoms with van der Waals surface area (Å²) in [6, 6.07) is 1.93. The smallest absolute Gasteiger partial charge is 0.234 e. The van der Waals surface area contributed by atoms with E-state index >= 15 is 0 Å². The molecule has 1 aliphatic rings. The Hall–Kier alpha value is -0.790. The lowest BCUT2D eigenvalue weighted by Gasteiger charge is -2.33. The summed E-state index contributed by atoms with van der Waals surface area (Å²) in [5, 5.41) is 7.56. The fraction of sp³-hybridized carbons (Fsp3) is 0.500. The fourth-order valence-electron chi connectivity index (χ4n) is 2.72. The van der Waals surface area contributed by atoms with Crippen LogP contribution in [-0.2, 0) is 5.41 Å². The first-order chi connectivity index (χ1) is 10.1. The summed E-state index contributed by atoms with van der Waals surface area (Å²) >= 11 is 6.88. The average molecular weight is 416 g/mol. The third kappa shape index (κ3) is 2.91. The molecule has 1 aliphatic heterocycles. The van der Waals surface area contributed by atoms with Crippen LogP contribution in [0.1, 0.15) is 32.1 Å². The second-order valence-electron chi connectivity index (χ2n) is 5.32. The number of piperidine rings is 1. The Morgan fingerprint density at radius 2 is 2.29 bits per heavy atom. The van der Waals surface area contributed by atoms with Crippen molar-refractivity contribution >= 4 is 31.9 Å². The molecule has 1 unspecified atom stereocenters. The first-order valence-corrected chi connectivity index (χ1v) is 8.59. The number of nitrogens with zero attached hydrogens (tertiary/aromatic N) is 3. The quantitative estimate of drug-likeness (QED) is 0.828. The molecule has 2 aromatic heterocycles. The van der Waals surface area contributed by atoms with Crippen molar-refractivity contribution in [3.63, 3.8) is 0 Å². The van der Waals surface area contributed by atoms with Crippen LogP contribution < -0.4 is 5.32 Å². The normalized spacial score (nSPS) is 22.4. The van der Waals surface area contributed by atoms with Crippen molar-refractivity contribution in [1.82, 2.24) is 20.4 Å². The molecule has 0 amide bonds. The number of rotatable bonds is 3. The summed E-state index contributed by atoms with van der Waals surface area (Å²) in [4.78, 5) is 8.97. The van der Waals surface area contributed by atoms with Gasteiger partial charge in [-0.3, -0.25) is 4.98 Å². The molecule has 1 atom stereocenters. The molecule has 3 heterocycles. The zero-order chi connectivity index (χ0) is 14.9. The van der Waals surface area contributed by atoms with Crippen molar-refractivity contribution in [2.75, 3.05) is 13.1 Å². The van der Waals surface area contributed by atoms with Gasteiger partial charge < -0.3 is 9.84 Å². The van der Waals surface area contributed by atoms with Gasteiger partial charge in [0.05, 0.1) is 5.41 Å². The molecule has 0 aliphatic carbocycles. The Labute approximate surface area is 140 Å². The van der Waals surface area contributed by atoms with Crippen molar-refractivity contribution in [1.29, 1.82) is 0 Å². The van der Waals surface area contributed by atoms with Crippen LogP contribution in [0.2, 0.25) is 0 Å². The van der Waals surface area contributed by atoms with Crippen LogP contribution >= 0.6 is 31.9 Å². The average Bonchev–Trinajstić information content (AvgIpc) is 2.98. The number of halogens is 2. The van der Waals surface area contributed by atoms with E-state index in [0.717, 1.165) is 41.3 Å². The van der Waals surface area contributed by atoms with Crippen LogP contribution in [0.15, 0.2) is 25.7 Å². The van der Waals surface area contributed by atoms with Crippen molar-refractivity contribution in [3.8, 4) is 11.5 Å². The van der Waals surface area contributed by atoms with E-state index in [1.165, 1.54) is 0 Å². The second-order valence-corrected chi connectivity index (χ2v) is 7.09. The van der Waals surface area contributed by atoms with Gasteiger partial charge in [0.15, 0.2) is 0 Å². The van der Waals surface area contributed by atoms with E-state index in [-0.39, 0.29) is 5.41 Å². The van der Waals surface area contributed by atoms with Crippen LogP contribution in [0.5, 0.6) is 0 Å². The Balaban J connectivity index is 1.95. The highest BCUT2D eigenvalue weighted by molar-refractivity contribution is 9.11. The third-order valence-electron chi connectivity index (χ3n) is 4.05. The Morgan fingerprint density at radius 1 is 1.43 bits per heavy atom. The number of hydrogen-bond acceptors (Lipinski definition) is 5. The lowest BCUT2D eigenvalue weighted by Crippen LogP contribution is -2.43. The maximum atomic E-state index is 5.56. The Bertz CT molecular complexity index is 638. The zero-order valence-electron chi connectivity index (χ0n) is 11.7. The summed E-state index contributed by atoms with van der Waals surface area (Å²) < 4.78 is 7.31. The Morgan fingerprint density at radius 3 is 2.95 bits per heavy atom. The van der Waals surface area contributed by atoms with Gasteiger partial charge >= 0.3 is 0 Å². The van der Waals surface area contributed by atoms with E-state index in [4.69, 9.17) is 4.52 Å². The minimum atomic E-state index is -0.0503. The van der Waals surface area contributed by atoms with E-state index in [1.54, 1.807) is 6.20 Å². The monoisotopic (exact) mass is 414 g/mol. The number of pyridine rings is 1. The van der Waals surface area contributed by atoms with Crippen LogP contribution in [0, 0.1) is 0 Å². The molecular weight excluding hydrogens is 400 g/mol. The molecule has 1 fully saturated rings. The largest absolute Gasteiger partial charge is 0.338 e. The van der Waals surface area contributed by atoms with Crippen LogP contribution in [-0.4, -0.2) is 28.2 Å². The molecule has 2 aromatic rings. The lowest BCUT2D eigenvalue weighted by molar-refractivity contribution is 0.221. The van der Waals surface area contributed by atoms with Gasteiger partial charge in [-0.05, 0) is 63.7 Å². The third-order valence-corrected chi connectivity index (χ3v) is 5.09. The predicted octanol–water partition coefficient (Wildman–Crippen LogP) is 3.69. The maximum Gasteiger partial charge on any atom is 0.234 e. The number of nitrogens with one attached hydrogen (secondary N) is 1. The molecular formula is C14H16Br2N4O. The van der Waals surface area contributed by atoms with Crippen molar-refractivity contribution < 1.29 is 4.52 Å². The topological polar surface area (TPSA) is 63.8 Å². The van der Waals surface area contributed by atoms with Crippen molar-refractivity contribution in [2.45, 2.75) is 31.6 Å². The minimum absolute atomic E-state index is 0.0503. The molecule has 7 heteroatoms. The van der Waals surface area contributed by atoms with Crippen molar-refractivity contribution in [3.05, 3.63) is 27.1 Å². The first-order valence-electron chi connectivity index (χ1n) is 7.01. The summed E-state index contributed by atoms with van der Waals surface area (Å²) in [6.45, 7) is 4.12. The van der Waals surface area contributed by atoms with E-state index in [1.807, 2.05) is 6.07 Å². The lowest BCUT2D eigenvalue weighted by atomic mass is 9.78. The first kappa shape index (κ1) is 15.1. The molecule has 0 spiro atoms. The van der Waals surface area contributed by atoms with Gasteiger partial charge in [-0.1, -0.05) is 12.1 Å². The van der Waals surface area contributed by atoms with E-state index < -0.39 is 0 Å².